The average molecular weight is 430 g/mol. The molecule has 1 aromatic rings. The molecule has 1 saturated carbocycles. The Morgan fingerprint density at radius 1 is 1.10 bits per heavy atom. The van der Waals surface area contributed by atoms with Crippen LogP contribution in [0, 0.1) is 5.92 Å². The van der Waals surface area contributed by atoms with Crippen molar-refractivity contribution in [2.24, 2.45) is 10.9 Å². The smallest absolute Gasteiger partial charge is 0.226 e. The lowest BCUT2D eigenvalue weighted by atomic mass is 9.80. The van der Waals surface area contributed by atoms with E-state index in [1.165, 1.54) is 32.1 Å². The third-order valence-corrected chi connectivity index (χ3v) is 6.48. The molecule has 0 aromatic heterocycles. The highest BCUT2D eigenvalue weighted by atomic mass is 16.5. The normalized spacial score (nSPS) is 19.8. The average Bonchev–Trinajstić information content (AvgIpc) is 2.81. The summed E-state index contributed by atoms with van der Waals surface area (Å²) in [6.07, 6.45) is 6.41. The molecule has 1 heterocycles. The highest BCUT2D eigenvalue weighted by Gasteiger charge is 2.38. The van der Waals surface area contributed by atoms with E-state index >= 15 is 0 Å². The van der Waals surface area contributed by atoms with Gasteiger partial charge in [-0.15, -0.1) is 0 Å². The minimum atomic E-state index is -0.0272. The third kappa shape index (κ3) is 6.68. The summed E-state index contributed by atoms with van der Waals surface area (Å²) >= 11 is 0. The minimum absolute atomic E-state index is 0.0272. The number of aliphatic imine (C=N–C) groups is 1. The van der Waals surface area contributed by atoms with Crippen molar-refractivity contribution in [1.82, 2.24) is 15.5 Å². The largest absolute Gasteiger partial charge is 0.379 e. The number of carbonyl (C=O) groups is 1. The van der Waals surface area contributed by atoms with Crippen LogP contribution in [-0.2, 0) is 16.1 Å². The summed E-state index contributed by atoms with van der Waals surface area (Å²) in [5.41, 5.74) is 2.18. The first kappa shape index (κ1) is 23.5. The Labute approximate surface area is 187 Å². The van der Waals surface area contributed by atoms with Gasteiger partial charge in [0, 0.05) is 50.4 Å². The number of amides is 1. The predicted octanol–water partition coefficient (Wildman–Crippen LogP) is 2.98. The van der Waals surface area contributed by atoms with Gasteiger partial charge in [-0.2, -0.15) is 0 Å². The van der Waals surface area contributed by atoms with Gasteiger partial charge in [0.1, 0.15) is 0 Å². The molecule has 2 aliphatic rings. The Kier molecular flexibility index (Phi) is 8.72. The van der Waals surface area contributed by atoms with Crippen molar-refractivity contribution < 1.29 is 9.53 Å². The van der Waals surface area contributed by atoms with Crippen LogP contribution in [-0.4, -0.2) is 62.2 Å². The van der Waals surface area contributed by atoms with Crippen molar-refractivity contribution >= 4 is 17.6 Å². The summed E-state index contributed by atoms with van der Waals surface area (Å²) in [6.45, 7) is 9.09. The molecule has 1 saturated heterocycles. The molecular weight excluding hydrogens is 390 g/mol. The van der Waals surface area contributed by atoms with E-state index in [9.17, 15) is 4.79 Å². The maximum atomic E-state index is 11.8. The number of nitrogens with zero attached hydrogens (tertiary/aromatic N) is 2. The van der Waals surface area contributed by atoms with Crippen LogP contribution >= 0.6 is 0 Å². The molecule has 0 radical (unpaired) electrons. The van der Waals surface area contributed by atoms with Crippen LogP contribution in [0.5, 0.6) is 0 Å². The van der Waals surface area contributed by atoms with Gasteiger partial charge in [-0.05, 0) is 30.5 Å². The summed E-state index contributed by atoms with van der Waals surface area (Å²) in [4.78, 5) is 18.9. The first-order valence-electron chi connectivity index (χ1n) is 11.7. The fourth-order valence-electron chi connectivity index (χ4n) is 4.50. The number of hydrogen-bond acceptors (Lipinski definition) is 4. The number of nitrogens with one attached hydrogen (secondary N) is 3. The third-order valence-electron chi connectivity index (χ3n) is 6.48. The number of carbonyl (C=O) groups excluding carboxylic acids is 1. The highest BCUT2D eigenvalue weighted by Crippen LogP contribution is 2.33. The lowest BCUT2D eigenvalue weighted by molar-refractivity contribution is -0.118. The van der Waals surface area contributed by atoms with Gasteiger partial charge in [0.05, 0.1) is 13.2 Å². The molecule has 7 heteroatoms. The SMILES string of the molecule is CN=C(NCc1ccc(NC(=O)C(C)C)cc1)NCC1(N2CCOCC2)CCCCC1. The van der Waals surface area contributed by atoms with Crippen molar-refractivity contribution in [3.63, 3.8) is 0 Å². The molecule has 3 rings (SSSR count). The fraction of sp³-hybridized carbons (Fsp3) is 0.667. The van der Waals surface area contributed by atoms with Crippen LogP contribution in [0.25, 0.3) is 0 Å². The Hall–Kier alpha value is -2.12. The standard InChI is InChI=1S/C24H39N5O2/c1-19(2)22(30)28-21-9-7-20(8-10-21)17-26-23(25-3)27-18-24(11-5-4-6-12-24)29-13-15-31-16-14-29/h7-10,19H,4-6,11-18H2,1-3H3,(H,28,30)(H2,25,26,27). The Bertz CT molecular complexity index is 720. The van der Waals surface area contributed by atoms with Crippen LogP contribution in [0.2, 0.25) is 0 Å². The van der Waals surface area contributed by atoms with E-state index < -0.39 is 0 Å². The molecule has 2 fully saturated rings. The zero-order valence-electron chi connectivity index (χ0n) is 19.4. The summed E-state index contributed by atoms with van der Waals surface area (Å²) in [6, 6.07) is 7.96. The Balaban J connectivity index is 1.52. The van der Waals surface area contributed by atoms with Crippen molar-refractivity contribution in [2.75, 3.05) is 45.2 Å². The first-order chi connectivity index (χ1) is 15.0. The van der Waals surface area contributed by atoms with Crippen LogP contribution < -0.4 is 16.0 Å². The zero-order valence-corrected chi connectivity index (χ0v) is 19.4. The molecule has 172 valence electrons. The number of hydrogen-bond donors (Lipinski definition) is 3. The molecule has 31 heavy (non-hydrogen) atoms. The minimum Gasteiger partial charge on any atom is -0.379 e. The Morgan fingerprint density at radius 2 is 1.77 bits per heavy atom. The van der Waals surface area contributed by atoms with Crippen molar-refractivity contribution in [1.29, 1.82) is 0 Å². The maximum Gasteiger partial charge on any atom is 0.226 e. The van der Waals surface area contributed by atoms with Gasteiger partial charge in [0.15, 0.2) is 5.96 Å². The number of benzene rings is 1. The van der Waals surface area contributed by atoms with Gasteiger partial charge >= 0.3 is 0 Å². The van der Waals surface area contributed by atoms with E-state index in [1.807, 2.05) is 45.2 Å². The van der Waals surface area contributed by atoms with Crippen LogP contribution in [0.4, 0.5) is 5.69 Å². The lowest BCUT2D eigenvalue weighted by Crippen LogP contribution is -2.60. The molecule has 1 aliphatic carbocycles. The number of guanidine groups is 1. The predicted molar refractivity (Wildman–Crippen MR) is 126 cm³/mol. The van der Waals surface area contributed by atoms with E-state index in [4.69, 9.17) is 4.74 Å². The summed E-state index contributed by atoms with van der Waals surface area (Å²) in [5.74, 6) is 0.837. The number of rotatable bonds is 7. The maximum absolute atomic E-state index is 11.8. The van der Waals surface area contributed by atoms with Crippen molar-refractivity contribution in [3.8, 4) is 0 Å². The van der Waals surface area contributed by atoms with Crippen molar-refractivity contribution in [2.45, 2.75) is 58.0 Å². The van der Waals surface area contributed by atoms with Gasteiger partial charge < -0.3 is 20.7 Å². The zero-order chi connectivity index (χ0) is 22.1. The second kappa shape index (κ2) is 11.5. The summed E-state index contributed by atoms with van der Waals surface area (Å²) in [7, 11) is 1.82. The van der Waals surface area contributed by atoms with Crippen LogP contribution in [0.15, 0.2) is 29.3 Å². The van der Waals surface area contributed by atoms with E-state index in [2.05, 4.69) is 25.8 Å². The summed E-state index contributed by atoms with van der Waals surface area (Å²) in [5, 5.41) is 9.96. The topological polar surface area (TPSA) is 78.0 Å². The fourth-order valence-corrected chi connectivity index (χ4v) is 4.50. The first-order valence-corrected chi connectivity index (χ1v) is 11.7. The van der Waals surface area contributed by atoms with E-state index in [0.29, 0.717) is 6.54 Å². The van der Waals surface area contributed by atoms with E-state index in [0.717, 1.165) is 50.1 Å². The van der Waals surface area contributed by atoms with E-state index in [1.54, 1.807) is 0 Å². The van der Waals surface area contributed by atoms with Crippen LogP contribution in [0.1, 0.15) is 51.5 Å². The second-order valence-electron chi connectivity index (χ2n) is 9.00. The van der Waals surface area contributed by atoms with Gasteiger partial charge in [0.2, 0.25) is 5.91 Å². The molecule has 0 unspecified atom stereocenters. The van der Waals surface area contributed by atoms with E-state index in [-0.39, 0.29) is 17.4 Å². The van der Waals surface area contributed by atoms with Gasteiger partial charge in [-0.1, -0.05) is 45.2 Å². The van der Waals surface area contributed by atoms with Gasteiger partial charge in [0.25, 0.3) is 0 Å². The molecule has 7 nitrogen and oxygen atoms in total. The van der Waals surface area contributed by atoms with Crippen molar-refractivity contribution in [3.05, 3.63) is 29.8 Å². The molecule has 0 bridgehead atoms. The number of morpholine rings is 1. The lowest BCUT2D eigenvalue weighted by Gasteiger charge is -2.48. The molecular formula is C24H39N5O2. The summed E-state index contributed by atoms with van der Waals surface area (Å²) < 4.78 is 5.59. The number of anilines is 1. The molecule has 3 N–H and O–H groups in total. The molecule has 1 amide bonds. The van der Waals surface area contributed by atoms with Gasteiger partial charge in [-0.25, -0.2) is 0 Å². The second-order valence-corrected chi connectivity index (χ2v) is 9.00. The van der Waals surface area contributed by atoms with Gasteiger partial charge in [-0.3, -0.25) is 14.7 Å². The molecule has 1 aromatic carbocycles. The molecule has 0 atom stereocenters. The Morgan fingerprint density at radius 3 is 2.39 bits per heavy atom. The molecule has 1 aliphatic heterocycles. The van der Waals surface area contributed by atoms with Crippen LogP contribution in [0.3, 0.4) is 0 Å². The molecule has 0 spiro atoms. The highest BCUT2D eigenvalue weighted by molar-refractivity contribution is 5.92. The number of ether oxygens (including phenoxy) is 1. The quantitative estimate of drug-likeness (QED) is 0.459. The monoisotopic (exact) mass is 429 g/mol.